The van der Waals surface area contributed by atoms with Gasteiger partial charge in [-0.2, -0.15) is 0 Å². The maximum Gasteiger partial charge on any atom is 0.258 e. The highest BCUT2D eigenvalue weighted by Crippen LogP contribution is 2.39. The Balaban J connectivity index is 1.86. The van der Waals surface area contributed by atoms with Crippen LogP contribution in [0.3, 0.4) is 0 Å². The van der Waals surface area contributed by atoms with Gasteiger partial charge in [0.1, 0.15) is 0 Å². The van der Waals surface area contributed by atoms with Crippen LogP contribution < -0.4 is 11.1 Å². The summed E-state index contributed by atoms with van der Waals surface area (Å²) in [5, 5.41) is 3.61. The zero-order chi connectivity index (χ0) is 14.8. The van der Waals surface area contributed by atoms with E-state index in [-0.39, 0.29) is 5.91 Å². The second-order valence-corrected chi connectivity index (χ2v) is 6.72. The fourth-order valence-electron chi connectivity index (χ4n) is 2.99. The number of para-hydroxylation sites is 1. The van der Waals surface area contributed by atoms with Gasteiger partial charge >= 0.3 is 0 Å². The van der Waals surface area contributed by atoms with Crippen molar-refractivity contribution in [1.29, 1.82) is 0 Å². The van der Waals surface area contributed by atoms with Crippen molar-refractivity contribution in [2.45, 2.75) is 32.6 Å². The quantitative estimate of drug-likeness (QED) is 0.896. The van der Waals surface area contributed by atoms with Gasteiger partial charge in [-0.05, 0) is 42.9 Å². The molecule has 3 rings (SSSR count). The van der Waals surface area contributed by atoms with E-state index >= 15 is 0 Å². The Morgan fingerprint density at radius 1 is 1.38 bits per heavy atom. The minimum Gasteiger partial charge on any atom is -0.390 e. The van der Waals surface area contributed by atoms with E-state index in [0.29, 0.717) is 10.6 Å². The summed E-state index contributed by atoms with van der Waals surface area (Å²) in [5.41, 5.74) is 8.81. The molecule has 21 heavy (non-hydrogen) atoms. The van der Waals surface area contributed by atoms with Gasteiger partial charge in [-0.1, -0.05) is 31.5 Å². The Morgan fingerprint density at radius 3 is 2.86 bits per heavy atom. The summed E-state index contributed by atoms with van der Waals surface area (Å²) in [5.74, 6) is 0.659. The van der Waals surface area contributed by atoms with E-state index in [4.69, 9.17) is 5.73 Å². The second-order valence-electron chi connectivity index (χ2n) is 5.58. The SMILES string of the molecule is CCC1CCc2c(sc(N)c2C(=O)Nc2ccccc2)C1. The van der Waals surface area contributed by atoms with Crippen molar-refractivity contribution in [3.63, 3.8) is 0 Å². The summed E-state index contributed by atoms with van der Waals surface area (Å²) in [6.07, 6.45) is 4.40. The Morgan fingerprint density at radius 2 is 2.14 bits per heavy atom. The number of hydrogen-bond donors (Lipinski definition) is 2. The molecule has 1 unspecified atom stereocenters. The first-order valence-corrected chi connectivity index (χ1v) is 8.27. The maximum absolute atomic E-state index is 12.5. The molecule has 0 spiro atoms. The summed E-state index contributed by atoms with van der Waals surface area (Å²) < 4.78 is 0. The van der Waals surface area contributed by atoms with Crippen molar-refractivity contribution >= 4 is 27.9 Å². The lowest BCUT2D eigenvalue weighted by atomic mass is 9.85. The molecule has 1 heterocycles. The van der Waals surface area contributed by atoms with Crippen LogP contribution in [0.2, 0.25) is 0 Å². The van der Waals surface area contributed by atoms with Gasteiger partial charge in [-0.15, -0.1) is 11.3 Å². The molecular formula is C17H20N2OS. The number of benzene rings is 1. The zero-order valence-electron chi connectivity index (χ0n) is 12.2. The number of carbonyl (C=O) groups is 1. The molecule has 1 atom stereocenters. The molecule has 3 nitrogen and oxygen atoms in total. The van der Waals surface area contributed by atoms with E-state index in [9.17, 15) is 4.79 Å². The van der Waals surface area contributed by atoms with Gasteiger partial charge in [0.15, 0.2) is 0 Å². The number of hydrogen-bond acceptors (Lipinski definition) is 3. The summed E-state index contributed by atoms with van der Waals surface area (Å²) in [6.45, 7) is 2.23. The lowest BCUT2D eigenvalue weighted by molar-refractivity contribution is 0.102. The van der Waals surface area contributed by atoms with Crippen molar-refractivity contribution in [3.8, 4) is 0 Å². The minimum atomic E-state index is -0.0776. The first-order chi connectivity index (χ1) is 10.2. The number of amides is 1. The molecule has 1 aromatic heterocycles. The van der Waals surface area contributed by atoms with Crippen molar-refractivity contribution in [2.75, 3.05) is 11.1 Å². The lowest BCUT2D eigenvalue weighted by Crippen LogP contribution is -2.18. The maximum atomic E-state index is 12.5. The molecule has 1 amide bonds. The molecule has 3 N–H and O–H groups in total. The highest BCUT2D eigenvalue weighted by molar-refractivity contribution is 7.16. The Hall–Kier alpha value is -1.81. The number of carbonyl (C=O) groups excluding carboxylic acids is 1. The Labute approximate surface area is 129 Å². The summed E-state index contributed by atoms with van der Waals surface area (Å²) in [7, 11) is 0. The summed E-state index contributed by atoms with van der Waals surface area (Å²) >= 11 is 1.59. The molecule has 0 saturated heterocycles. The van der Waals surface area contributed by atoms with E-state index in [0.717, 1.165) is 30.9 Å². The number of nitrogens with one attached hydrogen (secondary N) is 1. The first-order valence-electron chi connectivity index (χ1n) is 7.45. The summed E-state index contributed by atoms with van der Waals surface area (Å²) in [4.78, 5) is 13.8. The van der Waals surface area contributed by atoms with E-state index < -0.39 is 0 Å². The topological polar surface area (TPSA) is 55.1 Å². The van der Waals surface area contributed by atoms with Crippen LogP contribution in [0.4, 0.5) is 10.7 Å². The van der Waals surface area contributed by atoms with Crippen LogP contribution in [-0.2, 0) is 12.8 Å². The molecule has 1 aliphatic rings. The molecule has 110 valence electrons. The van der Waals surface area contributed by atoms with Crippen LogP contribution in [0.1, 0.15) is 40.6 Å². The second kappa shape index (κ2) is 5.90. The van der Waals surface area contributed by atoms with Crippen molar-refractivity contribution in [3.05, 3.63) is 46.3 Å². The number of thiophene rings is 1. The predicted octanol–water partition coefficient (Wildman–Crippen LogP) is 4.10. The van der Waals surface area contributed by atoms with Gasteiger partial charge in [-0.3, -0.25) is 4.79 Å². The minimum absolute atomic E-state index is 0.0776. The van der Waals surface area contributed by atoms with Crippen LogP contribution in [-0.4, -0.2) is 5.91 Å². The van der Waals surface area contributed by atoms with Crippen LogP contribution in [0.5, 0.6) is 0 Å². The van der Waals surface area contributed by atoms with E-state index in [2.05, 4.69) is 12.2 Å². The van der Waals surface area contributed by atoms with E-state index in [1.165, 1.54) is 16.9 Å². The fraction of sp³-hybridized carbons (Fsp3) is 0.353. The third kappa shape index (κ3) is 2.81. The van der Waals surface area contributed by atoms with Gasteiger partial charge in [0.2, 0.25) is 0 Å². The van der Waals surface area contributed by atoms with Crippen LogP contribution >= 0.6 is 11.3 Å². The molecule has 0 saturated carbocycles. The van der Waals surface area contributed by atoms with Crippen molar-refractivity contribution in [2.24, 2.45) is 5.92 Å². The molecule has 0 bridgehead atoms. The van der Waals surface area contributed by atoms with Crippen LogP contribution in [0, 0.1) is 5.92 Å². The van der Waals surface area contributed by atoms with E-state index in [1.807, 2.05) is 30.3 Å². The molecule has 1 aliphatic carbocycles. The van der Waals surface area contributed by atoms with E-state index in [1.54, 1.807) is 11.3 Å². The third-order valence-electron chi connectivity index (χ3n) is 4.23. The number of nitrogen functional groups attached to an aromatic ring is 1. The Kier molecular flexibility index (Phi) is 3.97. The Bertz CT molecular complexity index is 648. The average molecular weight is 300 g/mol. The smallest absolute Gasteiger partial charge is 0.258 e. The third-order valence-corrected chi connectivity index (χ3v) is 5.31. The molecule has 2 aromatic rings. The number of nitrogens with two attached hydrogens (primary N) is 1. The molecule has 0 radical (unpaired) electrons. The van der Waals surface area contributed by atoms with Gasteiger partial charge in [-0.25, -0.2) is 0 Å². The normalized spacial score (nSPS) is 17.3. The largest absolute Gasteiger partial charge is 0.390 e. The van der Waals surface area contributed by atoms with Crippen molar-refractivity contribution in [1.82, 2.24) is 0 Å². The van der Waals surface area contributed by atoms with Gasteiger partial charge in [0, 0.05) is 10.6 Å². The lowest BCUT2D eigenvalue weighted by Gasteiger charge is -2.21. The molecule has 1 aromatic carbocycles. The van der Waals surface area contributed by atoms with Crippen LogP contribution in [0.25, 0.3) is 0 Å². The highest BCUT2D eigenvalue weighted by atomic mass is 32.1. The standard InChI is InChI=1S/C17H20N2OS/c1-2-11-8-9-13-14(10-11)21-16(18)15(13)17(20)19-12-6-4-3-5-7-12/h3-7,11H,2,8-10,18H2,1H3,(H,19,20). The van der Waals surface area contributed by atoms with Crippen LogP contribution in [0.15, 0.2) is 30.3 Å². The molecular weight excluding hydrogens is 280 g/mol. The molecule has 4 heteroatoms. The van der Waals surface area contributed by atoms with Gasteiger partial charge in [0.25, 0.3) is 5.91 Å². The van der Waals surface area contributed by atoms with Gasteiger partial charge in [0.05, 0.1) is 10.6 Å². The molecule has 0 aliphatic heterocycles. The zero-order valence-corrected chi connectivity index (χ0v) is 13.0. The fourth-order valence-corrected chi connectivity index (χ4v) is 4.22. The predicted molar refractivity (Wildman–Crippen MR) is 88.9 cm³/mol. The highest BCUT2D eigenvalue weighted by Gasteiger charge is 2.27. The summed E-state index contributed by atoms with van der Waals surface area (Å²) in [6, 6.07) is 9.53. The molecule has 0 fully saturated rings. The monoisotopic (exact) mass is 300 g/mol. The number of anilines is 2. The average Bonchev–Trinajstić information content (AvgIpc) is 2.83. The van der Waals surface area contributed by atoms with Crippen molar-refractivity contribution < 1.29 is 4.79 Å². The first kappa shape index (κ1) is 14.1. The number of fused-ring (bicyclic) bond motifs is 1. The van der Waals surface area contributed by atoms with Gasteiger partial charge < -0.3 is 11.1 Å². The number of rotatable bonds is 3.